The van der Waals surface area contributed by atoms with E-state index >= 15 is 0 Å². The molecule has 3 rings (SSSR count). The lowest BCUT2D eigenvalue weighted by molar-refractivity contribution is 0.145. The first-order chi connectivity index (χ1) is 12.2. The van der Waals surface area contributed by atoms with Crippen molar-refractivity contribution < 1.29 is 22.9 Å². The number of hydrogen-bond acceptors (Lipinski definition) is 4. The molecule has 1 unspecified atom stereocenters. The predicted octanol–water partition coefficient (Wildman–Crippen LogP) is 4.24. The number of aromatic nitrogens is 1. The predicted molar refractivity (Wildman–Crippen MR) is 91.6 cm³/mol. The number of halogens is 2. The summed E-state index contributed by atoms with van der Waals surface area (Å²) in [4.78, 5) is 4.24. The molecule has 0 N–H and O–H groups in total. The molecule has 4 nitrogen and oxygen atoms in total. The number of alkyl halides is 2. The van der Waals surface area contributed by atoms with Gasteiger partial charge in [0.1, 0.15) is 0 Å². The molecular formula is C18H19BF2NO3. The van der Waals surface area contributed by atoms with Crippen LogP contribution in [0.3, 0.4) is 0 Å². The Morgan fingerprint density at radius 2 is 2.20 bits per heavy atom. The lowest BCUT2D eigenvalue weighted by Crippen LogP contribution is -2.03. The van der Waals surface area contributed by atoms with Gasteiger partial charge in [0.2, 0.25) is 0 Å². The van der Waals surface area contributed by atoms with E-state index < -0.39 is 6.43 Å². The lowest BCUT2D eigenvalue weighted by atomic mass is 9.85. The standard InChI is InChI=1S/C18H19BF2NO3/c1-3-24-17-15(23-2)5-4-14(16(17)18(20)21)12-6-11(8-22-9-12)13-7-19-25-10-13/h4-6,8-9,13,18H,3,7,10H2,1-2H3. The summed E-state index contributed by atoms with van der Waals surface area (Å²) >= 11 is 0. The summed E-state index contributed by atoms with van der Waals surface area (Å²) in [7, 11) is 3.20. The largest absolute Gasteiger partial charge is 0.493 e. The summed E-state index contributed by atoms with van der Waals surface area (Å²) in [6.45, 7) is 2.60. The number of rotatable bonds is 6. The van der Waals surface area contributed by atoms with Crippen molar-refractivity contribution in [3.63, 3.8) is 0 Å². The highest BCUT2D eigenvalue weighted by Gasteiger charge is 2.25. The monoisotopic (exact) mass is 346 g/mol. The van der Waals surface area contributed by atoms with Gasteiger partial charge in [-0.1, -0.05) is 0 Å². The second-order valence-electron chi connectivity index (χ2n) is 5.73. The molecule has 2 aromatic rings. The molecule has 1 atom stereocenters. The summed E-state index contributed by atoms with van der Waals surface area (Å²) < 4.78 is 43.6. The molecule has 25 heavy (non-hydrogen) atoms. The van der Waals surface area contributed by atoms with Crippen LogP contribution in [0.5, 0.6) is 11.5 Å². The number of hydrogen-bond donors (Lipinski definition) is 0. The maximum absolute atomic E-state index is 13.8. The topological polar surface area (TPSA) is 40.6 Å². The quantitative estimate of drug-likeness (QED) is 0.734. The van der Waals surface area contributed by atoms with Crippen LogP contribution in [-0.4, -0.2) is 32.8 Å². The van der Waals surface area contributed by atoms with Crippen LogP contribution in [0.25, 0.3) is 11.1 Å². The maximum atomic E-state index is 13.8. The van der Waals surface area contributed by atoms with Crippen LogP contribution < -0.4 is 9.47 Å². The van der Waals surface area contributed by atoms with Crippen LogP contribution in [0.2, 0.25) is 6.32 Å². The molecule has 0 amide bonds. The fourth-order valence-corrected chi connectivity index (χ4v) is 3.00. The summed E-state index contributed by atoms with van der Waals surface area (Å²) in [5, 5.41) is 0. The third-order valence-electron chi connectivity index (χ3n) is 4.22. The molecule has 1 radical (unpaired) electrons. The Hall–Kier alpha value is -2.15. The van der Waals surface area contributed by atoms with E-state index in [0.29, 0.717) is 23.5 Å². The Morgan fingerprint density at radius 3 is 2.84 bits per heavy atom. The summed E-state index contributed by atoms with van der Waals surface area (Å²) in [6.07, 6.45) is 1.44. The van der Waals surface area contributed by atoms with Gasteiger partial charge < -0.3 is 14.1 Å². The van der Waals surface area contributed by atoms with Crippen LogP contribution in [0.15, 0.2) is 30.6 Å². The molecule has 1 aliphatic heterocycles. The molecule has 1 saturated heterocycles. The third kappa shape index (κ3) is 3.61. The van der Waals surface area contributed by atoms with Crippen LogP contribution in [-0.2, 0) is 4.65 Å². The number of nitrogens with zero attached hydrogens (tertiary/aromatic N) is 1. The van der Waals surface area contributed by atoms with Gasteiger partial charge in [-0.2, -0.15) is 0 Å². The van der Waals surface area contributed by atoms with Crippen molar-refractivity contribution in [2.45, 2.75) is 25.6 Å². The second kappa shape index (κ2) is 7.82. The zero-order valence-corrected chi connectivity index (χ0v) is 14.2. The van der Waals surface area contributed by atoms with Gasteiger partial charge in [-0.05, 0) is 42.6 Å². The van der Waals surface area contributed by atoms with Gasteiger partial charge in [-0.3, -0.25) is 4.98 Å². The van der Waals surface area contributed by atoms with E-state index in [-0.39, 0.29) is 23.8 Å². The zero-order chi connectivity index (χ0) is 17.8. The molecule has 1 fully saturated rings. The molecule has 1 aromatic carbocycles. The van der Waals surface area contributed by atoms with Gasteiger partial charge in [0.25, 0.3) is 13.9 Å². The Labute approximate surface area is 146 Å². The van der Waals surface area contributed by atoms with E-state index in [0.717, 1.165) is 11.9 Å². The van der Waals surface area contributed by atoms with Gasteiger partial charge in [-0.25, -0.2) is 8.78 Å². The fourth-order valence-electron chi connectivity index (χ4n) is 3.00. The van der Waals surface area contributed by atoms with Crippen molar-refractivity contribution in [3.05, 3.63) is 41.7 Å². The van der Waals surface area contributed by atoms with Crippen molar-refractivity contribution in [1.82, 2.24) is 4.98 Å². The van der Waals surface area contributed by atoms with E-state index in [2.05, 4.69) is 4.98 Å². The molecule has 0 aliphatic carbocycles. The van der Waals surface area contributed by atoms with Crippen LogP contribution in [0.1, 0.15) is 30.4 Å². The van der Waals surface area contributed by atoms with E-state index in [1.54, 1.807) is 38.9 Å². The molecule has 7 heteroatoms. The highest BCUT2D eigenvalue weighted by Crippen LogP contribution is 2.44. The van der Waals surface area contributed by atoms with Crippen LogP contribution >= 0.6 is 0 Å². The van der Waals surface area contributed by atoms with E-state index in [1.807, 2.05) is 6.07 Å². The smallest absolute Gasteiger partial charge is 0.293 e. The molecule has 2 heterocycles. The minimum absolute atomic E-state index is 0.0837. The number of ether oxygens (including phenoxy) is 2. The average Bonchev–Trinajstić information content (AvgIpc) is 3.16. The summed E-state index contributed by atoms with van der Waals surface area (Å²) in [6, 6.07) is 5.16. The molecule has 1 aliphatic rings. The Bertz CT molecular complexity index is 736. The van der Waals surface area contributed by atoms with Gasteiger partial charge >= 0.3 is 0 Å². The molecule has 131 valence electrons. The molecule has 0 spiro atoms. The Balaban J connectivity index is 2.10. The fraction of sp³-hybridized carbons (Fsp3) is 0.389. The maximum Gasteiger partial charge on any atom is 0.293 e. The number of pyridine rings is 1. The normalized spacial score (nSPS) is 16.8. The van der Waals surface area contributed by atoms with E-state index in [1.165, 1.54) is 7.11 Å². The van der Waals surface area contributed by atoms with E-state index in [4.69, 9.17) is 14.1 Å². The van der Waals surface area contributed by atoms with Gasteiger partial charge in [0.05, 0.1) is 19.3 Å². The first kappa shape index (κ1) is 17.7. The molecular weight excluding hydrogens is 327 g/mol. The summed E-state index contributed by atoms with van der Waals surface area (Å²) in [5.41, 5.74) is 1.83. The SMILES string of the molecule is CCOc1c(OC)ccc(-c2cncc(C3C[B]OC3)c2)c1C(F)F. The van der Waals surface area contributed by atoms with Gasteiger partial charge in [0.15, 0.2) is 11.5 Å². The van der Waals surface area contributed by atoms with Crippen LogP contribution in [0, 0.1) is 0 Å². The molecule has 0 saturated carbocycles. The molecule has 1 aromatic heterocycles. The van der Waals surface area contributed by atoms with E-state index in [9.17, 15) is 8.78 Å². The zero-order valence-electron chi connectivity index (χ0n) is 14.2. The Kier molecular flexibility index (Phi) is 5.53. The lowest BCUT2D eigenvalue weighted by Gasteiger charge is -2.18. The highest BCUT2D eigenvalue weighted by atomic mass is 19.3. The third-order valence-corrected chi connectivity index (χ3v) is 4.22. The summed E-state index contributed by atoms with van der Waals surface area (Å²) in [5.74, 6) is 0.580. The highest BCUT2D eigenvalue weighted by molar-refractivity contribution is 6.28. The first-order valence-electron chi connectivity index (χ1n) is 8.16. The minimum atomic E-state index is -2.70. The average molecular weight is 346 g/mol. The van der Waals surface area contributed by atoms with Crippen molar-refractivity contribution in [2.75, 3.05) is 20.3 Å². The van der Waals surface area contributed by atoms with Crippen LogP contribution in [0.4, 0.5) is 8.78 Å². The number of methoxy groups -OCH3 is 1. The van der Waals surface area contributed by atoms with Gasteiger partial charge in [0, 0.05) is 30.5 Å². The van der Waals surface area contributed by atoms with Crippen molar-refractivity contribution in [3.8, 4) is 22.6 Å². The number of benzene rings is 1. The van der Waals surface area contributed by atoms with Crippen molar-refractivity contribution >= 4 is 7.48 Å². The van der Waals surface area contributed by atoms with Crippen molar-refractivity contribution in [1.29, 1.82) is 0 Å². The second-order valence-corrected chi connectivity index (χ2v) is 5.73. The molecule has 0 bridgehead atoms. The first-order valence-corrected chi connectivity index (χ1v) is 8.16. The van der Waals surface area contributed by atoms with Crippen molar-refractivity contribution in [2.24, 2.45) is 0 Å². The minimum Gasteiger partial charge on any atom is -0.493 e. The Morgan fingerprint density at radius 1 is 1.36 bits per heavy atom. The van der Waals surface area contributed by atoms with Gasteiger partial charge in [-0.15, -0.1) is 0 Å².